The Labute approximate surface area is 114 Å². The molecule has 19 heavy (non-hydrogen) atoms. The van der Waals surface area contributed by atoms with E-state index >= 15 is 0 Å². The predicted molar refractivity (Wildman–Crippen MR) is 73.8 cm³/mol. The zero-order valence-corrected chi connectivity index (χ0v) is 11.3. The van der Waals surface area contributed by atoms with Gasteiger partial charge >= 0.3 is 0 Å². The molecule has 98 valence electrons. The number of aryl methyl sites for hydroxylation is 1. The molecule has 2 aromatic rings. The standard InChI is InChI=1S/C14H13FN2OS/c1-17(10-7-5-9(15)6-8-10)14-16-11-3-2-4-12(18)13(11)19-14/h5-8H,2-4H2,1H3. The average Bonchev–Trinajstić information content (AvgIpc) is 2.84. The Morgan fingerprint density at radius 3 is 2.68 bits per heavy atom. The van der Waals surface area contributed by atoms with E-state index in [0.717, 1.165) is 34.2 Å². The molecule has 0 bridgehead atoms. The van der Waals surface area contributed by atoms with Crippen molar-refractivity contribution < 1.29 is 9.18 Å². The lowest BCUT2D eigenvalue weighted by atomic mass is 10.0. The summed E-state index contributed by atoms with van der Waals surface area (Å²) in [5.74, 6) is -0.0664. The summed E-state index contributed by atoms with van der Waals surface area (Å²) in [4.78, 5) is 19.0. The summed E-state index contributed by atoms with van der Waals surface area (Å²) in [6.07, 6.45) is 2.37. The number of rotatable bonds is 2. The first kappa shape index (κ1) is 12.3. The largest absolute Gasteiger partial charge is 0.321 e. The van der Waals surface area contributed by atoms with Crippen LogP contribution in [0, 0.1) is 5.82 Å². The number of thiazole rings is 1. The molecule has 1 aliphatic carbocycles. The summed E-state index contributed by atoms with van der Waals surface area (Å²) in [6.45, 7) is 0. The normalized spacial score (nSPS) is 14.3. The van der Waals surface area contributed by atoms with Gasteiger partial charge in [0.25, 0.3) is 0 Å². The summed E-state index contributed by atoms with van der Waals surface area (Å²) in [5, 5.41) is 0.784. The van der Waals surface area contributed by atoms with Gasteiger partial charge in [0.1, 0.15) is 5.82 Å². The second kappa shape index (κ2) is 4.74. The van der Waals surface area contributed by atoms with Gasteiger partial charge in [-0.05, 0) is 37.1 Å². The Morgan fingerprint density at radius 2 is 2.00 bits per heavy atom. The van der Waals surface area contributed by atoms with Crippen LogP contribution in [0.15, 0.2) is 24.3 Å². The average molecular weight is 276 g/mol. The highest BCUT2D eigenvalue weighted by molar-refractivity contribution is 7.17. The lowest BCUT2D eigenvalue weighted by molar-refractivity contribution is 0.0976. The molecule has 0 spiro atoms. The number of aromatic nitrogens is 1. The number of hydrogen-bond donors (Lipinski definition) is 0. The maximum absolute atomic E-state index is 12.9. The van der Waals surface area contributed by atoms with Crippen molar-refractivity contribution in [2.24, 2.45) is 0 Å². The molecule has 1 aromatic heterocycles. The molecule has 0 atom stereocenters. The topological polar surface area (TPSA) is 33.2 Å². The first-order chi connectivity index (χ1) is 9.15. The zero-order valence-electron chi connectivity index (χ0n) is 10.5. The number of anilines is 2. The van der Waals surface area contributed by atoms with E-state index in [1.165, 1.54) is 23.5 Å². The quantitative estimate of drug-likeness (QED) is 0.840. The maximum atomic E-state index is 12.9. The van der Waals surface area contributed by atoms with Crippen molar-refractivity contribution in [2.45, 2.75) is 19.3 Å². The van der Waals surface area contributed by atoms with Crippen LogP contribution in [0.2, 0.25) is 0 Å². The lowest BCUT2D eigenvalue weighted by Gasteiger charge is -2.15. The highest BCUT2D eigenvalue weighted by Crippen LogP contribution is 2.34. The van der Waals surface area contributed by atoms with Crippen LogP contribution in [0.1, 0.15) is 28.2 Å². The van der Waals surface area contributed by atoms with Crippen molar-refractivity contribution in [1.29, 1.82) is 0 Å². The molecular weight excluding hydrogens is 263 g/mol. The molecule has 3 rings (SSSR count). The van der Waals surface area contributed by atoms with Crippen molar-refractivity contribution in [3.8, 4) is 0 Å². The molecule has 0 fully saturated rings. The first-order valence-electron chi connectivity index (χ1n) is 6.17. The van der Waals surface area contributed by atoms with E-state index in [1.807, 2.05) is 11.9 Å². The number of benzene rings is 1. The van der Waals surface area contributed by atoms with Crippen LogP contribution < -0.4 is 4.90 Å². The van der Waals surface area contributed by atoms with Gasteiger partial charge < -0.3 is 4.90 Å². The zero-order chi connectivity index (χ0) is 13.4. The van der Waals surface area contributed by atoms with E-state index in [9.17, 15) is 9.18 Å². The van der Waals surface area contributed by atoms with E-state index in [1.54, 1.807) is 12.1 Å². The molecule has 0 radical (unpaired) electrons. The van der Waals surface area contributed by atoms with Crippen LogP contribution in [0.25, 0.3) is 0 Å². The van der Waals surface area contributed by atoms with Crippen LogP contribution in [0.3, 0.4) is 0 Å². The maximum Gasteiger partial charge on any atom is 0.190 e. The molecule has 3 nitrogen and oxygen atoms in total. The van der Waals surface area contributed by atoms with Crippen molar-refractivity contribution in [3.05, 3.63) is 40.7 Å². The fourth-order valence-corrected chi connectivity index (χ4v) is 3.24. The van der Waals surface area contributed by atoms with Crippen LogP contribution in [-0.4, -0.2) is 17.8 Å². The molecule has 0 saturated carbocycles. The van der Waals surface area contributed by atoms with Gasteiger partial charge in [0.05, 0.1) is 10.6 Å². The SMILES string of the molecule is CN(c1ccc(F)cc1)c1nc2c(s1)C(=O)CCC2. The van der Waals surface area contributed by atoms with Crippen LogP contribution in [0.4, 0.5) is 15.2 Å². The summed E-state index contributed by atoms with van der Waals surface area (Å²) >= 11 is 1.42. The predicted octanol–water partition coefficient (Wildman–Crippen LogP) is 3.57. The van der Waals surface area contributed by atoms with Gasteiger partial charge in [-0.15, -0.1) is 0 Å². The van der Waals surface area contributed by atoms with E-state index < -0.39 is 0 Å². The van der Waals surface area contributed by atoms with E-state index in [-0.39, 0.29) is 11.6 Å². The Kier molecular flexibility index (Phi) is 3.06. The number of halogens is 1. The third kappa shape index (κ3) is 2.26. The Morgan fingerprint density at radius 1 is 1.26 bits per heavy atom. The highest BCUT2D eigenvalue weighted by atomic mass is 32.1. The van der Waals surface area contributed by atoms with Gasteiger partial charge in [-0.1, -0.05) is 11.3 Å². The van der Waals surface area contributed by atoms with Crippen molar-refractivity contribution in [3.63, 3.8) is 0 Å². The number of fused-ring (bicyclic) bond motifs is 1. The van der Waals surface area contributed by atoms with Crippen LogP contribution >= 0.6 is 11.3 Å². The highest BCUT2D eigenvalue weighted by Gasteiger charge is 2.23. The van der Waals surface area contributed by atoms with E-state index in [2.05, 4.69) is 4.98 Å². The number of carbonyl (C=O) groups excluding carboxylic acids is 1. The van der Waals surface area contributed by atoms with Gasteiger partial charge in [-0.3, -0.25) is 4.79 Å². The third-order valence-corrected chi connectivity index (χ3v) is 4.47. The number of ketones is 1. The fourth-order valence-electron chi connectivity index (χ4n) is 2.18. The number of hydrogen-bond acceptors (Lipinski definition) is 4. The van der Waals surface area contributed by atoms with Gasteiger partial charge in [-0.25, -0.2) is 9.37 Å². The molecule has 5 heteroatoms. The summed E-state index contributed by atoms with van der Waals surface area (Å²) in [6, 6.07) is 6.25. The number of nitrogens with zero attached hydrogens (tertiary/aromatic N) is 2. The van der Waals surface area contributed by atoms with Crippen molar-refractivity contribution >= 4 is 27.9 Å². The molecule has 0 saturated heterocycles. The monoisotopic (exact) mass is 276 g/mol. The summed E-state index contributed by atoms with van der Waals surface area (Å²) < 4.78 is 12.9. The molecule has 1 heterocycles. The molecule has 0 unspecified atom stereocenters. The smallest absolute Gasteiger partial charge is 0.190 e. The van der Waals surface area contributed by atoms with E-state index in [4.69, 9.17) is 0 Å². The minimum Gasteiger partial charge on any atom is -0.321 e. The molecule has 1 aliphatic rings. The lowest BCUT2D eigenvalue weighted by Crippen LogP contribution is -2.09. The molecule has 0 aliphatic heterocycles. The summed E-state index contributed by atoms with van der Waals surface area (Å²) in [7, 11) is 1.88. The molecule has 0 N–H and O–H groups in total. The molecule has 0 amide bonds. The Bertz CT molecular complexity index is 621. The van der Waals surface area contributed by atoms with E-state index in [0.29, 0.717) is 6.42 Å². The number of Topliss-reactive ketones (excluding diaryl/α,β-unsaturated/α-hetero) is 1. The van der Waals surface area contributed by atoms with Gasteiger partial charge in [-0.2, -0.15) is 0 Å². The van der Waals surface area contributed by atoms with Crippen molar-refractivity contribution in [2.75, 3.05) is 11.9 Å². The van der Waals surface area contributed by atoms with Gasteiger partial charge in [0, 0.05) is 19.2 Å². The minimum atomic E-state index is -0.259. The minimum absolute atomic E-state index is 0.192. The van der Waals surface area contributed by atoms with Crippen LogP contribution in [0.5, 0.6) is 0 Å². The molecule has 1 aromatic carbocycles. The second-order valence-electron chi connectivity index (χ2n) is 4.58. The number of carbonyl (C=O) groups is 1. The van der Waals surface area contributed by atoms with Crippen LogP contribution in [-0.2, 0) is 6.42 Å². The second-order valence-corrected chi connectivity index (χ2v) is 5.56. The Hall–Kier alpha value is -1.75. The summed E-state index contributed by atoms with van der Waals surface area (Å²) in [5.41, 5.74) is 1.77. The third-order valence-electron chi connectivity index (χ3n) is 3.26. The first-order valence-corrected chi connectivity index (χ1v) is 6.99. The fraction of sp³-hybridized carbons (Fsp3) is 0.286. The molecular formula is C14H13FN2OS. The van der Waals surface area contributed by atoms with Crippen molar-refractivity contribution in [1.82, 2.24) is 4.98 Å². The Balaban J connectivity index is 1.94. The van der Waals surface area contributed by atoms with Gasteiger partial charge in [0.15, 0.2) is 10.9 Å². The van der Waals surface area contributed by atoms with Gasteiger partial charge in [0.2, 0.25) is 0 Å².